The van der Waals surface area contributed by atoms with Crippen LogP contribution >= 0.6 is 22.9 Å². The maximum atomic E-state index is 9.85. The molecule has 2 rings (SSSR count). The highest BCUT2D eigenvalue weighted by Crippen LogP contribution is 2.31. The fraction of sp³-hybridized carbons (Fsp3) is 0.111. The third kappa shape index (κ3) is 1.63. The zero-order chi connectivity index (χ0) is 9.26. The summed E-state index contributed by atoms with van der Waals surface area (Å²) in [5.74, 6) is 0. The fourth-order valence-corrected chi connectivity index (χ4v) is 2.32. The summed E-state index contributed by atoms with van der Waals surface area (Å²) >= 11 is 7.34. The molecule has 0 amide bonds. The van der Waals surface area contributed by atoms with Crippen molar-refractivity contribution in [2.45, 2.75) is 6.10 Å². The molecule has 1 unspecified atom stereocenters. The van der Waals surface area contributed by atoms with E-state index in [0.717, 1.165) is 10.6 Å². The summed E-state index contributed by atoms with van der Waals surface area (Å²) in [5, 5.41) is 12.3. The molecule has 0 aliphatic carbocycles. The van der Waals surface area contributed by atoms with E-state index in [9.17, 15) is 5.11 Å². The topological polar surface area (TPSA) is 36.0 Å². The van der Waals surface area contributed by atoms with Gasteiger partial charge >= 0.3 is 0 Å². The van der Waals surface area contributed by atoms with Gasteiger partial charge in [-0.3, -0.25) is 0 Å². The molecule has 0 saturated carbocycles. The molecule has 4 heteroatoms. The van der Waals surface area contributed by atoms with Gasteiger partial charge in [-0.25, -0.2) is 0 Å². The highest BCUT2D eigenvalue weighted by molar-refractivity contribution is 7.10. The van der Waals surface area contributed by atoms with Gasteiger partial charge in [0.1, 0.15) is 6.10 Å². The quantitative estimate of drug-likeness (QED) is 0.791. The van der Waals surface area contributed by atoms with Crippen molar-refractivity contribution in [1.29, 1.82) is 0 Å². The first-order valence-electron chi connectivity index (χ1n) is 3.83. The summed E-state index contributed by atoms with van der Waals surface area (Å²) < 4.78 is 0. The largest absolute Gasteiger partial charge is 0.381 e. The van der Waals surface area contributed by atoms with Gasteiger partial charge in [-0.1, -0.05) is 11.6 Å². The number of halogens is 1. The Morgan fingerprint density at radius 3 is 2.85 bits per heavy atom. The number of hydrogen-bond donors (Lipinski definition) is 2. The molecule has 68 valence electrons. The van der Waals surface area contributed by atoms with Gasteiger partial charge in [0.25, 0.3) is 0 Å². The van der Waals surface area contributed by atoms with E-state index in [4.69, 9.17) is 11.6 Å². The van der Waals surface area contributed by atoms with E-state index in [2.05, 4.69) is 4.98 Å². The summed E-state index contributed by atoms with van der Waals surface area (Å²) in [4.78, 5) is 3.73. The zero-order valence-electron chi connectivity index (χ0n) is 6.70. The van der Waals surface area contributed by atoms with Gasteiger partial charge in [0.05, 0.1) is 9.90 Å². The molecule has 13 heavy (non-hydrogen) atoms. The number of rotatable bonds is 2. The Bertz CT molecular complexity index is 382. The molecule has 0 radical (unpaired) electrons. The molecule has 0 aromatic carbocycles. The first-order chi connectivity index (χ1) is 6.29. The SMILES string of the molecule is OC(c1ccc[nH]1)c1sccc1Cl. The number of aliphatic hydroxyl groups excluding tert-OH is 1. The molecule has 2 N–H and O–H groups in total. The Balaban J connectivity index is 2.33. The second-order valence-electron chi connectivity index (χ2n) is 2.66. The molecule has 0 bridgehead atoms. The summed E-state index contributed by atoms with van der Waals surface area (Å²) in [5.41, 5.74) is 0.768. The fourth-order valence-electron chi connectivity index (χ4n) is 1.16. The summed E-state index contributed by atoms with van der Waals surface area (Å²) in [6, 6.07) is 5.47. The number of aromatic amines is 1. The van der Waals surface area contributed by atoms with Crippen LogP contribution in [0.1, 0.15) is 16.7 Å². The van der Waals surface area contributed by atoms with Crippen molar-refractivity contribution in [3.05, 3.63) is 45.4 Å². The van der Waals surface area contributed by atoms with Crippen molar-refractivity contribution >= 4 is 22.9 Å². The van der Waals surface area contributed by atoms with E-state index < -0.39 is 6.10 Å². The van der Waals surface area contributed by atoms with E-state index in [0.29, 0.717) is 5.02 Å². The average molecular weight is 214 g/mol. The monoisotopic (exact) mass is 213 g/mol. The van der Waals surface area contributed by atoms with Crippen LogP contribution in [0.25, 0.3) is 0 Å². The van der Waals surface area contributed by atoms with Crippen molar-refractivity contribution in [2.24, 2.45) is 0 Å². The van der Waals surface area contributed by atoms with E-state index in [1.54, 1.807) is 12.3 Å². The summed E-state index contributed by atoms with van der Waals surface area (Å²) in [6.45, 7) is 0. The van der Waals surface area contributed by atoms with Crippen molar-refractivity contribution < 1.29 is 5.11 Å². The molecule has 1 atom stereocenters. The standard InChI is InChI=1S/C9H8ClNOS/c10-6-3-5-13-9(6)8(12)7-2-1-4-11-7/h1-5,8,11-12H. The average Bonchev–Trinajstić information content (AvgIpc) is 2.72. The highest BCUT2D eigenvalue weighted by atomic mass is 35.5. The number of hydrogen-bond acceptors (Lipinski definition) is 2. The molecule has 0 aliphatic rings. The third-order valence-electron chi connectivity index (χ3n) is 1.81. The van der Waals surface area contributed by atoms with Crippen LogP contribution in [0.4, 0.5) is 0 Å². The van der Waals surface area contributed by atoms with Crippen molar-refractivity contribution in [2.75, 3.05) is 0 Å². The van der Waals surface area contributed by atoms with Crippen LogP contribution in [0.15, 0.2) is 29.8 Å². The van der Waals surface area contributed by atoms with E-state index >= 15 is 0 Å². The Morgan fingerprint density at radius 2 is 2.31 bits per heavy atom. The lowest BCUT2D eigenvalue weighted by atomic mass is 10.2. The zero-order valence-corrected chi connectivity index (χ0v) is 8.27. The predicted molar refractivity (Wildman–Crippen MR) is 54.2 cm³/mol. The molecule has 2 aromatic rings. The van der Waals surface area contributed by atoms with Gasteiger partial charge in [0.2, 0.25) is 0 Å². The summed E-state index contributed by atoms with van der Waals surface area (Å²) in [7, 11) is 0. The maximum absolute atomic E-state index is 9.85. The van der Waals surface area contributed by atoms with Gasteiger partial charge in [-0.2, -0.15) is 0 Å². The third-order valence-corrected chi connectivity index (χ3v) is 3.22. The summed E-state index contributed by atoms with van der Waals surface area (Å²) in [6.07, 6.45) is 1.14. The minimum atomic E-state index is -0.637. The smallest absolute Gasteiger partial charge is 0.129 e. The van der Waals surface area contributed by atoms with Crippen LogP contribution in [0, 0.1) is 0 Å². The first-order valence-corrected chi connectivity index (χ1v) is 5.09. The molecule has 2 aromatic heterocycles. The Kier molecular flexibility index (Phi) is 2.40. The van der Waals surface area contributed by atoms with Gasteiger partial charge in [-0.05, 0) is 23.6 Å². The minimum absolute atomic E-state index is 0.618. The molecule has 2 nitrogen and oxygen atoms in total. The number of nitrogens with one attached hydrogen (secondary N) is 1. The van der Waals surface area contributed by atoms with Crippen LogP contribution in [-0.4, -0.2) is 10.1 Å². The normalized spacial score (nSPS) is 13.1. The van der Waals surface area contributed by atoms with Crippen LogP contribution in [0.5, 0.6) is 0 Å². The van der Waals surface area contributed by atoms with E-state index in [1.165, 1.54) is 11.3 Å². The van der Waals surface area contributed by atoms with Crippen LogP contribution in [0.2, 0.25) is 5.02 Å². The second kappa shape index (κ2) is 3.54. The molecule has 0 fully saturated rings. The number of aromatic nitrogens is 1. The Morgan fingerprint density at radius 1 is 1.46 bits per heavy atom. The predicted octanol–water partition coefficient (Wildman–Crippen LogP) is 2.81. The first kappa shape index (κ1) is 8.81. The Hall–Kier alpha value is -0.770. The molecular weight excluding hydrogens is 206 g/mol. The molecule has 0 aliphatic heterocycles. The molecule has 2 heterocycles. The van der Waals surface area contributed by atoms with Crippen LogP contribution in [0.3, 0.4) is 0 Å². The maximum Gasteiger partial charge on any atom is 0.129 e. The highest BCUT2D eigenvalue weighted by Gasteiger charge is 2.15. The van der Waals surface area contributed by atoms with Crippen molar-refractivity contribution in [3.8, 4) is 0 Å². The van der Waals surface area contributed by atoms with Gasteiger partial charge in [-0.15, -0.1) is 11.3 Å². The molecule has 0 saturated heterocycles. The lowest BCUT2D eigenvalue weighted by Crippen LogP contribution is -1.97. The second-order valence-corrected chi connectivity index (χ2v) is 4.02. The molecule has 0 spiro atoms. The van der Waals surface area contributed by atoms with E-state index in [-0.39, 0.29) is 0 Å². The number of thiophene rings is 1. The van der Waals surface area contributed by atoms with Gasteiger partial charge in [0, 0.05) is 11.9 Å². The Labute approximate surface area is 84.8 Å². The molecular formula is C9H8ClNOS. The van der Waals surface area contributed by atoms with Crippen LogP contribution in [-0.2, 0) is 0 Å². The van der Waals surface area contributed by atoms with Gasteiger partial charge in [0.15, 0.2) is 0 Å². The minimum Gasteiger partial charge on any atom is -0.381 e. The van der Waals surface area contributed by atoms with Crippen molar-refractivity contribution in [3.63, 3.8) is 0 Å². The number of H-pyrrole nitrogens is 1. The number of aliphatic hydroxyl groups is 1. The lowest BCUT2D eigenvalue weighted by Gasteiger charge is -2.06. The lowest BCUT2D eigenvalue weighted by molar-refractivity contribution is 0.220. The van der Waals surface area contributed by atoms with Crippen LogP contribution < -0.4 is 0 Å². The van der Waals surface area contributed by atoms with Gasteiger partial charge < -0.3 is 10.1 Å². The van der Waals surface area contributed by atoms with Crippen molar-refractivity contribution in [1.82, 2.24) is 4.98 Å². The van der Waals surface area contributed by atoms with E-state index in [1.807, 2.05) is 17.5 Å².